The SMILES string of the molecule is O=c1c(O)cc(-c2cccc(Cl)c2)cn1Cc1ccc(F)cc1. The van der Waals surface area contributed by atoms with Crippen molar-refractivity contribution in [3.63, 3.8) is 0 Å². The molecule has 23 heavy (non-hydrogen) atoms. The standard InChI is InChI=1S/C18H13ClFNO2/c19-15-3-1-2-13(8-15)14-9-17(22)18(23)21(11-14)10-12-4-6-16(20)7-5-12/h1-9,11,22H,10H2. The van der Waals surface area contributed by atoms with Crippen molar-refractivity contribution in [2.45, 2.75) is 6.54 Å². The first-order chi connectivity index (χ1) is 11.0. The second kappa shape index (κ2) is 6.26. The van der Waals surface area contributed by atoms with Crippen LogP contribution in [0.5, 0.6) is 5.75 Å². The molecule has 0 radical (unpaired) electrons. The maximum atomic E-state index is 13.0. The van der Waals surface area contributed by atoms with Gasteiger partial charge in [0.2, 0.25) is 0 Å². The van der Waals surface area contributed by atoms with E-state index in [1.54, 1.807) is 36.5 Å². The Morgan fingerprint density at radius 2 is 1.78 bits per heavy atom. The van der Waals surface area contributed by atoms with Crippen LogP contribution in [0.3, 0.4) is 0 Å². The zero-order chi connectivity index (χ0) is 16.4. The van der Waals surface area contributed by atoms with E-state index in [0.29, 0.717) is 10.6 Å². The summed E-state index contributed by atoms with van der Waals surface area (Å²) in [6.07, 6.45) is 1.65. The van der Waals surface area contributed by atoms with Gasteiger partial charge in [0.15, 0.2) is 5.75 Å². The van der Waals surface area contributed by atoms with Gasteiger partial charge in [-0.1, -0.05) is 35.9 Å². The van der Waals surface area contributed by atoms with E-state index >= 15 is 0 Å². The lowest BCUT2D eigenvalue weighted by molar-refractivity contribution is 0.459. The lowest BCUT2D eigenvalue weighted by Gasteiger charge is -2.10. The van der Waals surface area contributed by atoms with Gasteiger partial charge in [-0.15, -0.1) is 0 Å². The fourth-order valence-corrected chi connectivity index (χ4v) is 2.54. The van der Waals surface area contributed by atoms with Gasteiger partial charge < -0.3 is 9.67 Å². The van der Waals surface area contributed by atoms with Crippen molar-refractivity contribution in [3.8, 4) is 16.9 Å². The fourth-order valence-electron chi connectivity index (χ4n) is 2.35. The summed E-state index contributed by atoms with van der Waals surface area (Å²) >= 11 is 5.98. The highest BCUT2D eigenvalue weighted by molar-refractivity contribution is 6.30. The molecule has 0 spiro atoms. The van der Waals surface area contributed by atoms with E-state index in [9.17, 15) is 14.3 Å². The molecule has 0 saturated heterocycles. The quantitative estimate of drug-likeness (QED) is 0.787. The average molecular weight is 330 g/mol. The lowest BCUT2D eigenvalue weighted by atomic mass is 10.1. The molecule has 0 aliphatic rings. The Hall–Kier alpha value is -2.59. The summed E-state index contributed by atoms with van der Waals surface area (Å²) in [5.41, 5.74) is 1.73. The lowest BCUT2D eigenvalue weighted by Crippen LogP contribution is -2.19. The van der Waals surface area contributed by atoms with Crippen LogP contribution in [0.2, 0.25) is 5.02 Å². The summed E-state index contributed by atoms with van der Waals surface area (Å²) < 4.78 is 14.4. The van der Waals surface area contributed by atoms with Crippen LogP contribution < -0.4 is 5.56 Å². The Labute approximate surface area is 137 Å². The number of halogens is 2. The van der Waals surface area contributed by atoms with Crippen LogP contribution >= 0.6 is 11.6 Å². The fraction of sp³-hybridized carbons (Fsp3) is 0.0556. The Balaban J connectivity index is 2.03. The third-order valence-electron chi connectivity index (χ3n) is 3.49. The Morgan fingerprint density at radius 3 is 2.48 bits per heavy atom. The van der Waals surface area contributed by atoms with E-state index in [2.05, 4.69) is 0 Å². The summed E-state index contributed by atoms with van der Waals surface area (Å²) in [6.45, 7) is 0.237. The second-order valence-electron chi connectivity index (χ2n) is 5.18. The van der Waals surface area contributed by atoms with Gasteiger partial charge in [-0.3, -0.25) is 4.79 Å². The molecule has 0 unspecified atom stereocenters. The molecular weight excluding hydrogens is 317 g/mol. The number of hydrogen-bond donors (Lipinski definition) is 1. The molecule has 0 bridgehead atoms. The molecule has 0 aliphatic heterocycles. The van der Waals surface area contributed by atoms with Crippen LogP contribution in [-0.2, 0) is 6.54 Å². The summed E-state index contributed by atoms with van der Waals surface area (Å²) in [6, 6.07) is 14.4. The Bertz CT molecular complexity index is 904. The smallest absolute Gasteiger partial charge is 0.292 e. The molecule has 116 valence electrons. The van der Waals surface area contributed by atoms with Crippen LogP contribution in [0.1, 0.15) is 5.56 Å². The van der Waals surface area contributed by atoms with Gasteiger partial charge in [0.05, 0.1) is 6.54 Å². The van der Waals surface area contributed by atoms with Crippen molar-refractivity contribution in [1.29, 1.82) is 0 Å². The Morgan fingerprint density at radius 1 is 1.04 bits per heavy atom. The molecule has 5 heteroatoms. The molecule has 3 aromatic rings. The summed E-state index contributed by atoms with van der Waals surface area (Å²) in [4.78, 5) is 12.1. The number of rotatable bonds is 3. The van der Waals surface area contributed by atoms with Crippen molar-refractivity contribution < 1.29 is 9.50 Å². The van der Waals surface area contributed by atoms with Crippen molar-refractivity contribution in [2.75, 3.05) is 0 Å². The first kappa shape index (κ1) is 15.3. The van der Waals surface area contributed by atoms with Crippen molar-refractivity contribution in [2.24, 2.45) is 0 Å². The van der Waals surface area contributed by atoms with Gasteiger partial charge in [-0.2, -0.15) is 0 Å². The van der Waals surface area contributed by atoms with E-state index in [1.165, 1.54) is 22.8 Å². The molecule has 2 aromatic carbocycles. The van der Waals surface area contributed by atoms with E-state index in [-0.39, 0.29) is 18.1 Å². The third kappa shape index (κ3) is 3.43. The van der Waals surface area contributed by atoms with Gasteiger partial charge in [-0.05, 0) is 41.5 Å². The van der Waals surface area contributed by atoms with Gasteiger partial charge in [0.25, 0.3) is 5.56 Å². The van der Waals surface area contributed by atoms with Gasteiger partial charge in [0, 0.05) is 16.8 Å². The van der Waals surface area contributed by atoms with E-state index in [4.69, 9.17) is 11.6 Å². The number of pyridine rings is 1. The van der Waals surface area contributed by atoms with E-state index in [1.807, 2.05) is 6.07 Å². The topological polar surface area (TPSA) is 42.2 Å². The molecule has 0 aliphatic carbocycles. The minimum Gasteiger partial charge on any atom is -0.503 e. The highest BCUT2D eigenvalue weighted by atomic mass is 35.5. The third-order valence-corrected chi connectivity index (χ3v) is 3.73. The minimum absolute atomic E-state index is 0.237. The molecule has 1 aromatic heterocycles. The largest absolute Gasteiger partial charge is 0.503 e. The van der Waals surface area contributed by atoms with Crippen molar-refractivity contribution in [3.05, 3.63) is 87.6 Å². The molecule has 3 nitrogen and oxygen atoms in total. The summed E-state index contributed by atoms with van der Waals surface area (Å²) in [5.74, 6) is -0.679. The van der Waals surface area contributed by atoms with Crippen LogP contribution in [0.25, 0.3) is 11.1 Å². The van der Waals surface area contributed by atoms with Crippen molar-refractivity contribution >= 4 is 11.6 Å². The number of nitrogens with zero attached hydrogens (tertiary/aromatic N) is 1. The predicted molar refractivity (Wildman–Crippen MR) is 88.3 cm³/mol. The van der Waals surface area contributed by atoms with Gasteiger partial charge in [0.1, 0.15) is 5.82 Å². The van der Waals surface area contributed by atoms with Gasteiger partial charge in [-0.25, -0.2) is 4.39 Å². The molecule has 3 rings (SSSR count). The first-order valence-corrected chi connectivity index (χ1v) is 7.34. The second-order valence-corrected chi connectivity index (χ2v) is 5.62. The maximum absolute atomic E-state index is 13.0. The van der Waals surface area contributed by atoms with Crippen LogP contribution in [0, 0.1) is 5.82 Å². The van der Waals surface area contributed by atoms with Crippen LogP contribution in [0.15, 0.2) is 65.6 Å². The molecule has 0 saturated carbocycles. The van der Waals surface area contributed by atoms with E-state index in [0.717, 1.165) is 11.1 Å². The number of aromatic nitrogens is 1. The highest BCUT2D eigenvalue weighted by Crippen LogP contribution is 2.24. The van der Waals surface area contributed by atoms with Crippen LogP contribution in [-0.4, -0.2) is 9.67 Å². The Kier molecular flexibility index (Phi) is 4.17. The number of aromatic hydroxyl groups is 1. The normalized spacial score (nSPS) is 10.7. The number of benzene rings is 2. The number of hydrogen-bond acceptors (Lipinski definition) is 2. The van der Waals surface area contributed by atoms with Crippen LogP contribution in [0.4, 0.5) is 4.39 Å². The van der Waals surface area contributed by atoms with E-state index < -0.39 is 5.56 Å². The predicted octanol–water partition coefficient (Wildman–Crippen LogP) is 4.06. The average Bonchev–Trinajstić information content (AvgIpc) is 2.53. The summed E-state index contributed by atoms with van der Waals surface area (Å²) in [5, 5.41) is 10.5. The minimum atomic E-state index is -0.500. The molecule has 0 amide bonds. The highest BCUT2D eigenvalue weighted by Gasteiger charge is 2.08. The molecule has 0 atom stereocenters. The monoisotopic (exact) mass is 329 g/mol. The summed E-state index contributed by atoms with van der Waals surface area (Å²) in [7, 11) is 0. The maximum Gasteiger partial charge on any atom is 0.292 e. The van der Waals surface area contributed by atoms with Crippen molar-refractivity contribution in [1.82, 2.24) is 4.57 Å². The molecule has 1 N–H and O–H groups in total. The molecular formula is C18H13ClFNO2. The van der Waals surface area contributed by atoms with Gasteiger partial charge >= 0.3 is 0 Å². The first-order valence-electron chi connectivity index (χ1n) is 6.97. The zero-order valence-electron chi connectivity index (χ0n) is 12.0. The molecule has 1 heterocycles. The molecule has 0 fully saturated rings. The zero-order valence-corrected chi connectivity index (χ0v) is 12.8.